The predicted octanol–water partition coefficient (Wildman–Crippen LogP) is 13.8. The molecule has 0 atom stereocenters. The lowest BCUT2D eigenvalue weighted by Crippen LogP contribution is -1.93. The summed E-state index contributed by atoms with van der Waals surface area (Å²) >= 11 is 3.57. The number of aromatic nitrogens is 2. The first kappa shape index (κ1) is 33.9. The molecule has 8 heteroatoms. The number of nitriles is 4. The van der Waals surface area contributed by atoms with Crippen molar-refractivity contribution in [3.05, 3.63) is 168 Å². The standard InChI is InChI=1S/C52H24N6S2/c53-25-29-1-9-45-37(17-29)38-18-30(26-54)2-10-46(38)57(45)35-7-15-51-43(23-35)41-21-33(5-13-49(41)59-51)34-6-14-50-42(22-34)44-24-36(8-16-52(44)60-50)58-47-11-3-31(27-55)19-39(47)40-20-32(28-56)4-12-48(40)58/h1-24H. The zero-order chi connectivity index (χ0) is 40.2. The van der Waals surface area contributed by atoms with Crippen molar-refractivity contribution in [1.29, 1.82) is 21.0 Å². The van der Waals surface area contributed by atoms with E-state index >= 15 is 0 Å². The molecule has 0 N–H and O–H groups in total. The molecule has 0 unspecified atom stereocenters. The average molecular weight is 797 g/mol. The lowest BCUT2D eigenvalue weighted by Gasteiger charge is -2.09. The Balaban J connectivity index is 1.00. The Bertz CT molecular complexity index is 3660. The molecule has 0 aliphatic carbocycles. The molecule has 6 nitrogen and oxygen atoms in total. The summed E-state index contributed by atoms with van der Waals surface area (Å²) in [4.78, 5) is 0. The van der Waals surface area contributed by atoms with Gasteiger partial charge in [-0.05, 0) is 145 Å². The fourth-order valence-corrected chi connectivity index (χ4v) is 11.2. The second-order valence-electron chi connectivity index (χ2n) is 15.0. The molecule has 8 aromatic carbocycles. The number of thiophene rings is 2. The highest BCUT2D eigenvalue weighted by atomic mass is 32.1. The lowest BCUT2D eigenvalue weighted by molar-refractivity contribution is 1.19. The maximum atomic E-state index is 9.70. The first-order valence-corrected chi connectivity index (χ1v) is 20.8. The van der Waals surface area contributed by atoms with Crippen LogP contribution in [0.3, 0.4) is 0 Å². The number of rotatable bonds is 3. The average Bonchev–Trinajstić information content (AvgIpc) is 4.04. The van der Waals surface area contributed by atoms with Gasteiger partial charge in [0.1, 0.15) is 0 Å². The molecule has 12 aromatic rings. The van der Waals surface area contributed by atoms with Gasteiger partial charge in [0, 0.05) is 73.3 Å². The Morgan fingerprint density at radius 1 is 0.300 bits per heavy atom. The fourth-order valence-electron chi connectivity index (χ4n) is 9.05. The number of benzene rings is 8. The summed E-state index contributed by atoms with van der Waals surface area (Å²) in [7, 11) is 0. The molecule has 0 saturated carbocycles. The van der Waals surface area contributed by atoms with Gasteiger partial charge in [0.2, 0.25) is 0 Å². The van der Waals surface area contributed by atoms with Crippen molar-refractivity contribution in [2.24, 2.45) is 0 Å². The molecular weight excluding hydrogens is 773 g/mol. The van der Waals surface area contributed by atoms with Crippen LogP contribution in [0.2, 0.25) is 0 Å². The van der Waals surface area contributed by atoms with Gasteiger partial charge in [-0.15, -0.1) is 22.7 Å². The van der Waals surface area contributed by atoms with Crippen LogP contribution in [0.1, 0.15) is 22.3 Å². The molecule has 0 spiro atoms. The van der Waals surface area contributed by atoms with E-state index < -0.39 is 0 Å². The zero-order valence-electron chi connectivity index (χ0n) is 31.4. The van der Waals surface area contributed by atoms with E-state index in [0.29, 0.717) is 22.3 Å². The summed E-state index contributed by atoms with van der Waals surface area (Å²) in [5.41, 5.74) is 10.6. The third kappa shape index (κ3) is 4.88. The van der Waals surface area contributed by atoms with Crippen LogP contribution in [0.25, 0.3) is 106 Å². The van der Waals surface area contributed by atoms with E-state index in [1.165, 1.54) is 40.3 Å². The maximum Gasteiger partial charge on any atom is 0.0991 e. The molecule has 0 radical (unpaired) electrons. The van der Waals surface area contributed by atoms with E-state index in [2.05, 4.69) is 106 Å². The number of nitrogens with zero attached hydrogens (tertiary/aromatic N) is 6. The highest BCUT2D eigenvalue weighted by Crippen LogP contribution is 2.43. The largest absolute Gasteiger partial charge is 0.309 e. The van der Waals surface area contributed by atoms with Crippen molar-refractivity contribution in [3.8, 4) is 46.8 Å². The molecule has 0 aliphatic rings. The maximum absolute atomic E-state index is 9.70. The number of fused-ring (bicyclic) bond motifs is 12. The first-order valence-electron chi connectivity index (χ1n) is 19.2. The SMILES string of the molecule is N#Cc1ccc2c(c1)c1cc(C#N)ccc1n2-c1ccc2sc3ccc(-c4ccc5sc6ccc(-n7c8ccc(C#N)cc8c8cc(C#N)ccc87)cc6c5c4)cc3c2c1. The molecule has 0 aliphatic heterocycles. The normalized spacial score (nSPS) is 11.6. The summed E-state index contributed by atoms with van der Waals surface area (Å²) in [5, 5.41) is 47.3. The van der Waals surface area contributed by atoms with Crippen molar-refractivity contribution in [3.63, 3.8) is 0 Å². The van der Waals surface area contributed by atoms with E-state index in [0.717, 1.165) is 66.1 Å². The van der Waals surface area contributed by atoms with Gasteiger partial charge in [0.25, 0.3) is 0 Å². The summed E-state index contributed by atoms with van der Waals surface area (Å²) in [6, 6.07) is 58.9. The highest BCUT2D eigenvalue weighted by Gasteiger charge is 2.18. The van der Waals surface area contributed by atoms with Crippen molar-refractivity contribution < 1.29 is 0 Å². The van der Waals surface area contributed by atoms with Crippen LogP contribution in [-0.4, -0.2) is 9.13 Å². The second kappa shape index (κ2) is 12.6. The summed E-state index contributed by atoms with van der Waals surface area (Å²) < 4.78 is 9.30. The molecular formula is C52H24N6S2. The van der Waals surface area contributed by atoms with Crippen LogP contribution >= 0.6 is 22.7 Å². The molecule has 4 heterocycles. The van der Waals surface area contributed by atoms with Crippen molar-refractivity contribution >= 4 is 107 Å². The quantitative estimate of drug-likeness (QED) is 0.177. The van der Waals surface area contributed by atoms with Crippen molar-refractivity contribution in [2.45, 2.75) is 0 Å². The minimum Gasteiger partial charge on any atom is -0.309 e. The minimum atomic E-state index is 0.583. The molecule has 0 bridgehead atoms. The minimum absolute atomic E-state index is 0.583. The Morgan fingerprint density at radius 2 is 0.600 bits per heavy atom. The predicted molar refractivity (Wildman–Crippen MR) is 245 cm³/mol. The van der Waals surface area contributed by atoms with Crippen LogP contribution in [0.4, 0.5) is 0 Å². The van der Waals surface area contributed by atoms with Crippen LogP contribution in [0.5, 0.6) is 0 Å². The molecule has 0 fully saturated rings. The zero-order valence-corrected chi connectivity index (χ0v) is 33.0. The van der Waals surface area contributed by atoms with Crippen molar-refractivity contribution in [2.75, 3.05) is 0 Å². The summed E-state index contributed by atoms with van der Waals surface area (Å²) in [5.74, 6) is 0. The summed E-state index contributed by atoms with van der Waals surface area (Å²) in [6.45, 7) is 0. The van der Waals surface area contributed by atoms with Gasteiger partial charge >= 0.3 is 0 Å². The third-order valence-corrected chi connectivity index (χ3v) is 14.1. The van der Waals surface area contributed by atoms with Crippen molar-refractivity contribution in [1.82, 2.24) is 9.13 Å². The molecule has 274 valence electrons. The molecule has 0 amide bonds. The van der Waals surface area contributed by atoms with Crippen LogP contribution in [-0.2, 0) is 0 Å². The second-order valence-corrected chi connectivity index (χ2v) is 17.2. The van der Waals surface area contributed by atoms with Crippen LogP contribution in [0.15, 0.2) is 146 Å². The molecule has 0 saturated heterocycles. The van der Waals surface area contributed by atoms with E-state index in [9.17, 15) is 21.0 Å². The van der Waals surface area contributed by atoms with E-state index in [1.807, 2.05) is 72.8 Å². The van der Waals surface area contributed by atoms with Gasteiger partial charge in [-0.2, -0.15) is 21.0 Å². The van der Waals surface area contributed by atoms with Gasteiger partial charge < -0.3 is 9.13 Å². The van der Waals surface area contributed by atoms with Gasteiger partial charge in [-0.3, -0.25) is 0 Å². The number of hydrogen-bond acceptors (Lipinski definition) is 6. The summed E-state index contributed by atoms with van der Waals surface area (Å²) in [6.07, 6.45) is 0. The van der Waals surface area contributed by atoms with Gasteiger partial charge in [0.15, 0.2) is 0 Å². The Morgan fingerprint density at radius 3 is 0.917 bits per heavy atom. The van der Waals surface area contributed by atoms with Gasteiger partial charge in [0.05, 0.1) is 68.6 Å². The van der Waals surface area contributed by atoms with E-state index in [4.69, 9.17) is 0 Å². The molecule has 60 heavy (non-hydrogen) atoms. The highest BCUT2D eigenvalue weighted by molar-refractivity contribution is 7.26. The Hall–Kier alpha value is -8.24. The Labute approximate surface area is 349 Å². The van der Waals surface area contributed by atoms with Gasteiger partial charge in [-0.1, -0.05) is 12.1 Å². The van der Waals surface area contributed by atoms with E-state index in [1.54, 1.807) is 22.7 Å². The van der Waals surface area contributed by atoms with Gasteiger partial charge in [-0.25, -0.2) is 0 Å². The fraction of sp³-hybridized carbons (Fsp3) is 0. The topological polar surface area (TPSA) is 105 Å². The lowest BCUT2D eigenvalue weighted by atomic mass is 10.0. The first-order chi connectivity index (χ1) is 29.5. The molecule has 4 aromatic heterocycles. The number of hydrogen-bond donors (Lipinski definition) is 0. The Kier molecular flexibility index (Phi) is 7.13. The van der Waals surface area contributed by atoms with Crippen LogP contribution < -0.4 is 0 Å². The third-order valence-electron chi connectivity index (χ3n) is 11.8. The monoisotopic (exact) mass is 796 g/mol. The van der Waals surface area contributed by atoms with Crippen LogP contribution in [0, 0.1) is 45.3 Å². The smallest absolute Gasteiger partial charge is 0.0991 e. The molecule has 12 rings (SSSR count). The van der Waals surface area contributed by atoms with E-state index in [-0.39, 0.29) is 0 Å².